The maximum Gasteiger partial charge on any atom is 0.263 e. The zero-order valence-electron chi connectivity index (χ0n) is 18.5. The van der Waals surface area contributed by atoms with Gasteiger partial charge in [0.05, 0.1) is 5.69 Å². The van der Waals surface area contributed by atoms with Crippen LogP contribution in [-0.4, -0.2) is 37.1 Å². The summed E-state index contributed by atoms with van der Waals surface area (Å²) >= 11 is 4.77. The highest BCUT2D eigenvalue weighted by atomic mass is 79.9. The number of halogens is 3. The average Bonchev–Trinajstić information content (AvgIpc) is 3.50. The number of nitrogens with zero attached hydrogens (tertiary/aromatic N) is 2. The van der Waals surface area contributed by atoms with Gasteiger partial charge in [-0.1, -0.05) is 40.9 Å². The molecule has 1 saturated carbocycles. The largest absolute Gasteiger partial charge is 0.369 e. The van der Waals surface area contributed by atoms with E-state index < -0.39 is 23.1 Å². The van der Waals surface area contributed by atoms with Crippen molar-refractivity contribution in [1.29, 1.82) is 0 Å². The molecule has 3 aromatic rings. The molecule has 0 spiro atoms. The third-order valence-electron chi connectivity index (χ3n) is 6.80. The second kappa shape index (κ2) is 9.71. The van der Waals surface area contributed by atoms with Gasteiger partial charge in [0, 0.05) is 47.1 Å². The molecule has 0 radical (unpaired) electrons. The van der Waals surface area contributed by atoms with Crippen molar-refractivity contribution in [2.75, 3.05) is 36.4 Å². The van der Waals surface area contributed by atoms with Crippen LogP contribution in [0.15, 0.2) is 46.3 Å². The molecule has 34 heavy (non-hydrogen) atoms. The molecule has 2 aliphatic rings. The number of thiazole rings is 1. The maximum atomic E-state index is 14.8. The van der Waals surface area contributed by atoms with E-state index in [1.807, 2.05) is 22.4 Å². The number of hydrogen-bond acceptors (Lipinski definition) is 5. The third-order valence-corrected chi connectivity index (χ3v) is 8.09. The van der Waals surface area contributed by atoms with E-state index in [4.69, 9.17) is 4.98 Å². The van der Waals surface area contributed by atoms with Gasteiger partial charge in [0.1, 0.15) is 17.2 Å². The highest BCUT2D eigenvalue weighted by Crippen LogP contribution is 2.47. The number of hydrogen-bond donors (Lipinski definition) is 2. The summed E-state index contributed by atoms with van der Waals surface area (Å²) in [5.41, 5.74) is 1.74. The monoisotopic (exact) mass is 546 g/mol. The Morgan fingerprint density at radius 2 is 1.74 bits per heavy atom. The van der Waals surface area contributed by atoms with Crippen LogP contribution in [-0.2, 0) is 5.41 Å². The van der Waals surface area contributed by atoms with Crippen molar-refractivity contribution in [3.63, 3.8) is 0 Å². The van der Waals surface area contributed by atoms with Gasteiger partial charge in [0.2, 0.25) is 0 Å². The van der Waals surface area contributed by atoms with Crippen molar-refractivity contribution in [2.24, 2.45) is 0 Å². The minimum atomic E-state index is -0.870. The molecule has 9 heteroatoms. The molecule has 2 aromatic carbocycles. The van der Waals surface area contributed by atoms with Gasteiger partial charge in [-0.3, -0.25) is 10.1 Å². The summed E-state index contributed by atoms with van der Waals surface area (Å²) in [4.78, 5) is 19.4. The lowest BCUT2D eigenvalue weighted by Crippen LogP contribution is -2.43. The molecule has 2 N–H and O–H groups in total. The Labute approximate surface area is 209 Å². The minimum Gasteiger partial charge on any atom is -0.369 e. The first kappa shape index (κ1) is 23.4. The lowest BCUT2D eigenvalue weighted by molar-refractivity contribution is 0.101. The number of anilines is 2. The first-order valence-corrected chi connectivity index (χ1v) is 13.1. The molecule has 178 valence electrons. The fourth-order valence-corrected chi connectivity index (χ4v) is 6.10. The summed E-state index contributed by atoms with van der Waals surface area (Å²) < 4.78 is 30.7. The quantitative estimate of drug-likeness (QED) is 0.430. The smallest absolute Gasteiger partial charge is 0.263 e. The van der Waals surface area contributed by atoms with Crippen LogP contribution in [0.4, 0.5) is 19.6 Å². The predicted octanol–water partition coefficient (Wildman–Crippen LogP) is 5.71. The van der Waals surface area contributed by atoms with Crippen LogP contribution in [0.2, 0.25) is 0 Å². The van der Waals surface area contributed by atoms with Crippen LogP contribution >= 0.6 is 27.3 Å². The third kappa shape index (κ3) is 4.48. The SMILES string of the molecule is O=C(Nc1nc(C2(c3ccc(Br)cc3)CCCC2)cs1)c1c(F)cc(N2CCNCC2)cc1F. The van der Waals surface area contributed by atoms with Crippen LogP contribution in [0.3, 0.4) is 0 Å². The molecule has 1 saturated heterocycles. The molecule has 1 aliphatic heterocycles. The molecular weight excluding hydrogens is 522 g/mol. The van der Waals surface area contributed by atoms with Crippen LogP contribution in [0.5, 0.6) is 0 Å². The number of amides is 1. The normalized spacial score (nSPS) is 17.7. The van der Waals surface area contributed by atoms with Crippen molar-refractivity contribution < 1.29 is 13.6 Å². The fraction of sp³-hybridized carbons (Fsp3) is 0.360. The molecule has 5 nitrogen and oxygen atoms in total. The lowest BCUT2D eigenvalue weighted by Gasteiger charge is -2.29. The lowest BCUT2D eigenvalue weighted by atomic mass is 9.76. The molecule has 2 fully saturated rings. The number of piperazine rings is 1. The van der Waals surface area contributed by atoms with Gasteiger partial charge in [-0.25, -0.2) is 13.8 Å². The Morgan fingerprint density at radius 1 is 1.09 bits per heavy atom. The molecule has 1 amide bonds. The van der Waals surface area contributed by atoms with Gasteiger partial charge in [0.15, 0.2) is 5.13 Å². The molecule has 1 aromatic heterocycles. The zero-order chi connectivity index (χ0) is 23.7. The maximum absolute atomic E-state index is 14.8. The molecule has 5 rings (SSSR count). The zero-order valence-corrected chi connectivity index (χ0v) is 20.9. The summed E-state index contributed by atoms with van der Waals surface area (Å²) in [6, 6.07) is 10.7. The number of benzene rings is 2. The van der Waals surface area contributed by atoms with E-state index in [1.165, 1.54) is 29.0 Å². The van der Waals surface area contributed by atoms with Gasteiger partial charge in [-0.15, -0.1) is 11.3 Å². The second-order valence-electron chi connectivity index (χ2n) is 8.81. The highest BCUT2D eigenvalue weighted by Gasteiger charge is 2.39. The van der Waals surface area contributed by atoms with Gasteiger partial charge < -0.3 is 10.2 Å². The standard InChI is InChI=1S/C25H25BrF2N4OS/c26-17-5-3-16(4-6-17)25(7-1-2-8-25)21-15-34-24(30-21)31-23(33)22-19(27)13-18(14-20(22)28)32-11-9-29-10-12-32/h3-6,13-15,29H,1-2,7-12H2,(H,30,31,33). The van der Waals surface area contributed by atoms with E-state index in [9.17, 15) is 13.6 Å². The van der Waals surface area contributed by atoms with Gasteiger partial charge in [-0.2, -0.15) is 0 Å². The minimum absolute atomic E-state index is 0.207. The predicted molar refractivity (Wildman–Crippen MR) is 135 cm³/mol. The van der Waals surface area contributed by atoms with E-state index >= 15 is 0 Å². The average molecular weight is 547 g/mol. The summed E-state index contributed by atoms with van der Waals surface area (Å²) in [5.74, 6) is -2.57. The molecule has 2 heterocycles. The first-order chi connectivity index (χ1) is 16.5. The van der Waals surface area contributed by atoms with Gasteiger partial charge in [0.25, 0.3) is 5.91 Å². The number of carbonyl (C=O) groups is 1. The summed E-state index contributed by atoms with van der Waals surface area (Å²) in [7, 11) is 0. The summed E-state index contributed by atoms with van der Waals surface area (Å²) in [5, 5.41) is 8.11. The van der Waals surface area contributed by atoms with E-state index in [1.54, 1.807) is 0 Å². The van der Waals surface area contributed by atoms with E-state index in [0.717, 1.165) is 48.9 Å². The summed E-state index contributed by atoms with van der Waals surface area (Å²) in [6.45, 7) is 2.82. The Kier molecular flexibility index (Phi) is 6.68. The van der Waals surface area contributed by atoms with Crippen molar-refractivity contribution in [2.45, 2.75) is 31.1 Å². The molecule has 0 bridgehead atoms. The van der Waals surface area contributed by atoms with Crippen molar-refractivity contribution in [3.8, 4) is 0 Å². The van der Waals surface area contributed by atoms with E-state index in [0.29, 0.717) is 23.9 Å². The number of rotatable bonds is 5. The van der Waals surface area contributed by atoms with E-state index in [2.05, 4.69) is 38.7 Å². The summed E-state index contributed by atoms with van der Waals surface area (Å²) in [6.07, 6.45) is 4.15. The highest BCUT2D eigenvalue weighted by molar-refractivity contribution is 9.10. The molecular formula is C25H25BrF2N4OS. The van der Waals surface area contributed by atoms with Gasteiger partial charge >= 0.3 is 0 Å². The van der Waals surface area contributed by atoms with E-state index in [-0.39, 0.29) is 5.41 Å². The fourth-order valence-electron chi connectivity index (χ4n) is 5.03. The Morgan fingerprint density at radius 3 is 2.38 bits per heavy atom. The number of carbonyl (C=O) groups excluding carboxylic acids is 1. The van der Waals surface area contributed by atoms with Crippen molar-refractivity contribution in [1.82, 2.24) is 10.3 Å². The number of aromatic nitrogens is 1. The van der Waals surface area contributed by atoms with Crippen molar-refractivity contribution in [3.05, 3.63) is 74.7 Å². The molecule has 0 unspecified atom stereocenters. The Bertz CT molecular complexity index is 1160. The van der Waals surface area contributed by atoms with Crippen LogP contribution in [0.1, 0.15) is 47.3 Å². The van der Waals surface area contributed by atoms with Crippen molar-refractivity contribution >= 4 is 44.0 Å². The number of nitrogens with one attached hydrogen (secondary N) is 2. The van der Waals surface area contributed by atoms with Gasteiger partial charge in [-0.05, 0) is 42.7 Å². The van der Waals surface area contributed by atoms with Crippen LogP contribution in [0.25, 0.3) is 0 Å². The first-order valence-electron chi connectivity index (χ1n) is 11.4. The second-order valence-corrected chi connectivity index (χ2v) is 10.6. The molecule has 1 aliphatic carbocycles. The topological polar surface area (TPSA) is 57.3 Å². The van der Waals surface area contributed by atoms with Crippen LogP contribution in [0, 0.1) is 11.6 Å². The Hall–Kier alpha value is -2.36. The Balaban J connectivity index is 1.37. The van der Waals surface area contributed by atoms with Crippen LogP contribution < -0.4 is 15.5 Å². The molecule has 0 atom stereocenters.